The van der Waals surface area contributed by atoms with Gasteiger partial charge in [0.15, 0.2) is 0 Å². The Kier molecular flexibility index (Phi) is 7.69. The molecule has 0 saturated carbocycles. The Bertz CT molecular complexity index is 878. The van der Waals surface area contributed by atoms with Crippen molar-refractivity contribution in [2.45, 2.75) is 38.6 Å². The van der Waals surface area contributed by atoms with E-state index in [0.717, 1.165) is 81.9 Å². The average molecular weight is 437 g/mol. The highest BCUT2D eigenvalue weighted by Gasteiger charge is 2.31. The minimum Gasteiger partial charge on any atom is -0.497 e. The smallest absolute Gasteiger partial charge is 0.226 e. The molecule has 2 aliphatic heterocycles. The third-order valence-corrected chi connectivity index (χ3v) is 7.03. The van der Waals surface area contributed by atoms with Gasteiger partial charge in [-0.25, -0.2) is 0 Å². The van der Waals surface area contributed by atoms with E-state index in [1.807, 2.05) is 18.2 Å². The maximum absolute atomic E-state index is 13.3. The molecule has 1 unspecified atom stereocenters. The maximum atomic E-state index is 13.3. The Hall–Kier alpha value is -2.53. The molecular weight excluding hydrogens is 400 g/mol. The van der Waals surface area contributed by atoms with Crippen LogP contribution in [0.3, 0.4) is 0 Å². The van der Waals surface area contributed by atoms with E-state index in [9.17, 15) is 4.79 Å². The highest BCUT2D eigenvalue weighted by molar-refractivity contribution is 5.79. The molecule has 2 aromatic rings. The first-order valence-electron chi connectivity index (χ1n) is 11.9. The van der Waals surface area contributed by atoms with Gasteiger partial charge in [0.05, 0.1) is 20.1 Å². The first-order valence-corrected chi connectivity index (χ1v) is 11.9. The van der Waals surface area contributed by atoms with Crippen LogP contribution in [0, 0.1) is 11.8 Å². The lowest BCUT2D eigenvalue weighted by Gasteiger charge is -2.38. The Morgan fingerprint density at radius 2 is 1.75 bits per heavy atom. The van der Waals surface area contributed by atoms with Crippen molar-refractivity contribution < 1.29 is 14.3 Å². The number of hydrogen-bond donors (Lipinski definition) is 0. The Balaban J connectivity index is 1.30. The number of carbonyl (C=O) groups excluding carboxylic acids is 1. The van der Waals surface area contributed by atoms with Crippen molar-refractivity contribution in [3.8, 4) is 11.5 Å². The van der Waals surface area contributed by atoms with Gasteiger partial charge in [-0.1, -0.05) is 30.3 Å². The van der Waals surface area contributed by atoms with Crippen LogP contribution in [0.2, 0.25) is 0 Å². The summed E-state index contributed by atoms with van der Waals surface area (Å²) < 4.78 is 10.9. The fourth-order valence-electron chi connectivity index (χ4n) is 5.21. The Morgan fingerprint density at radius 3 is 2.47 bits per heavy atom. The van der Waals surface area contributed by atoms with Gasteiger partial charge in [-0.05, 0) is 68.3 Å². The summed E-state index contributed by atoms with van der Waals surface area (Å²) in [4.78, 5) is 17.8. The summed E-state index contributed by atoms with van der Waals surface area (Å²) in [5.74, 6) is 2.85. The van der Waals surface area contributed by atoms with E-state index < -0.39 is 0 Å². The predicted molar refractivity (Wildman–Crippen MR) is 127 cm³/mol. The van der Waals surface area contributed by atoms with Gasteiger partial charge in [0.1, 0.15) is 11.5 Å². The fourth-order valence-corrected chi connectivity index (χ4v) is 5.21. The standard InChI is InChI=1S/C27H36N2O3/c1-31-25-10-11-26(32-2)24(18-25)20-28-14-6-9-23(19-28)27(30)29-15-12-22(13-16-29)17-21-7-4-3-5-8-21/h3-5,7-8,10-11,18,22-23H,6,9,12-17,19-20H2,1-2H3. The van der Waals surface area contributed by atoms with Crippen LogP contribution in [0.1, 0.15) is 36.8 Å². The molecule has 4 rings (SSSR count). The van der Waals surface area contributed by atoms with Crippen LogP contribution < -0.4 is 9.47 Å². The van der Waals surface area contributed by atoms with E-state index in [2.05, 4.69) is 40.1 Å². The first-order chi connectivity index (χ1) is 15.7. The Labute approximate surface area is 192 Å². The second-order valence-electron chi connectivity index (χ2n) is 9.21. The molecule has 0 N–H and O–H groups in total. The maximum Gasteiger partial charge on any atom is 0.226 e. The highest BCUT2D eigenvalue weighted by atomic mass is 16.5. The Morgan fingerprint density at radius 1 is 0.969 bits per heavy atom. The number of likely N-dealkylation sites (tertiary alicyclic amines) is 2. The van der Waals surface area contributed by atoms with Gasteiger partial charge in [-0.3, -0.25) is 9.69 Å². The molecule has 2 aliphatic rings. The summed E-state index contributed by atoms with van der Waals surface area (Å²) in [6, 6.07) is 16.7. The van der Waals surface area contributed by atoms with Crippen LogP contribution in [0.5, 0.6) is 11.5 Å². The molecule has 5 heteroatoms. The van der Waals surface area contributed by atoms with Crippen molar-refractivity contribution in [3.63, 3.8) is 0 Å². The molecule has 2 saturated heterocycles. The van der Waals surface area contributed by atoms with Crippen LogP contribution >= 0.6 is 0 Å². The van der Waals surface area contributed by atoms with Gasteiger partial charge in [-0.15, -0.1) is 0 Å². The molecule has 2 heterocycles. The van der Waals surface area contributed by atoms with Gasteiger partial charge >= 0.3 is 0 Å². The number of piperidine rings is 2. The zero-order chi connectivity index (χ0) is 22.3. The minimum absolute atomic E-state index is 0.103. The van der Waals surface area contributed by atoms with Crippen molar-refractivity contribution in [2.24, 2.45) is 11.8 Å². The van der Waals surface area contributed by atoms with Crippen LogP contribution in [0.25, 0.3) is 0 Å². The predicted octanol–water partition coefficient (Wildman–Crippen LogP) is 4.40. The van der Waals surface area contributed by atoms with Crippen molar-refractivity contribution in [1.82, 2.24) is 9.80 Å². The lowest BCUT2D eigenvalue weighted by atomic mass is 9.89. The first kappa shape index (κ1) is 22.7. The summed E-state index contributed by atoms with van der Waals surface area (Å²) in [6.07, 6.45) is 5.40. The van der Waals surface area contributed by atoms with Gasteiger partial charge in [0.2, 0.25) is 5.91 Å². The second kappa shape index (κ2) is 10.9. The molecule has 0 radical (unpaired) electrons. The van der Waals surface area contributed by atoms with Crippen molar-refractivity contribution in [1.29, 1.82) is 0 Å². The number of ether oxygens (including phenoxy) is 2. The van der Waals surface area contributed by atoms with E-state index in [0.29, 0.717) is 11.8 Å². The molecule has 0 bridgehead atoms. The SMILES string of the molecule is COc1ccc(OC)c(CN2CCCC(C(=O)N3CCC(Cc4ccccc4)CC3)C2)c1. The van der Waals surface area contributed by atoms with E-state index in [-0.39, 0.29) is 5.92 Å². The van der Waals surface area contributed by atoms with E-state index >= 15 is 0 Å². The summed E-state index contributed by atoms with van der Waals surface area (Å²) in [6.45, 7) is 4.42. The molecule has 2 aromatic carbocycles. The van der Waals surface area contributed by atoms with Crippen molar-refractivity contribution in [2.75, 3.05) is 40.4 Å². The molecule has 32 heavy (non-hydrogen) atoms. The van der Waals surface area contributed by atoms with Crippen LogP contribution in [-0.4, -0.2) is 56.1 Å². The van der Waals surface area contributed by atoms with E-state index in [4.69, 9.17) is 9.47 Å². The van der Waals surface area contributed by atoms with Crippen LogP contribution in [0.4, 0.5) is 0 Å². The van der Waals surface area contributed by atoms with Crippen LogP contribution in [-0.2, 0) is 17.8 Å². The number of rotatable bonds is 7. The molecule has 1 atom stereocenters. The number of hydrogen-bond acceptors (Lipinski definition) is 4. The topological polar surface area (TPSA) is 42.0 Å². The normalized spacial score (nSPS) is 20.2. The van der Waals surface area contributed by atoms with Crippen LogP contribution in [0.15, 0.2) is 48.5 Å². The molecule has 0 spiro atoms. The average Bonchev–Trinajstić information content (AvgIpc) is 2.85. The molecular formula is C27H36N2O3. The number of amides is 1. The molecule has 0 aromatic heterocycles. The van der Waals surface area contributed by atoms with Gasteiger partial charge in [0, 0.05) is 31.7 Å². The van der Waals surface area contributed by atoms with E-state index in [1.54, 1.807) is 14.2 Å². The summed E-state index contributed by atoms with van der Waals surface area (Å²) in [5.41, 5.74) is 2.52. The summed E-state index contributed by atoms with van der Waals surface area (Å²) in [5, 5.41) is 0. The third-order valence-electron chi connectivity index (χ3n) is 7.03. The number of methoxy groups -OCH3 is 2. The quantitative estimate of drug-likeness (QED) is 0.645. The zero-order valence-electron chi connectivity index (χ0n) is 19.5. The zero-order valence-corrected chi connectivity index (χ0v) is 19.5. The van der Waals surface area contributed by atoms with Gasteiger partial charge in [0.25, 0.3) is 0 Å². The molecule has 172 valence electrons. The minimum atomic E-state index is 0.103. The lowest BCUT2D eigenvalue weighted by molar-refractivity contribution is -0.138. The van der Waals surface area contributed by atoms with Gasteiger partial charge in [-0.2, -0.15) is 0 Å². The highest BCUT2D eigenvalue weighted by Crippen LogP contribution is 2.29. The third kappa shape index (κ3) is 5.63. The second-order valence-corrected chi connectivity index (χ2v) is 9.21. The lowest BCUT2D eigenvalue weighted by Crippen LogP contribution is -2.47. The number of benzene rings is 2. The van der Waals surface area contributed by atoms with Crippen molar-refractivity contribution in [3.05, 3.63) is 59.7 Å². The number of nitrogens with zero attached hydrogens (tertiary/aromatic N) is 2. The largest absolute Gasteiger partial charge is 0.497 e. The number of carbonyl (C=O) groups is 1. The van der Waals surface area contributed by atoms with Crippen molar-refractivity contribution >= 4 is 5.91 Å². The van der Waals surface area contributed by atoms with Gasteiger partial charge < -0.3 is 14.4 Å². The fraction of sp³-hybridized carbons (Fsp3) is 0.519. The summed E-state index contributed by atoms with van der Waals surface area (Å²) in [7, 11) is 3.39. The molecule has 2 fully saturated rings. The molecule has 5 nitrogen and oxygen atoms in total. The molecule has 1 amide bonds. The van der Waals surface area contributed by atoms with E-state index in [1.165, 1.54) is 5.56 Å². The molecule has 0 aliphatic carbocycles. The monoisotopic (exact) mass is 436 g/mol. The summed E-state index contributed by atoms with van der Waals surface area (Å²) >= 11 is 0.